The van der Waals surface area contributed by atoms with Crippen LogP contribution in [-0.2, 0) is 9.53 Å². The molecule has 2 saturated carbocycles. The van der Waals surface area contributed by atoms with Gasteiger partial charge < -0.3 is 15.4 Å². The number of hydrogen-bond acceptors (Lipinski definition) is 3. The van der Waals surface area contributed by atoms with E-state index in [2.05, 4.69) is 11.8 Å². The molecule has 0 radical (unpaired) electrons. The second kappa shape index (κ2) is 6.66. The Balaban J connectivity index is 1.56. The second-order valence-electron chi connectivity index (χ2n) is 7.19. The number of likely N-dealkylation sites (tertiary alicyclic amines) is 1. The highest BCUT2D eigenvalue weighted by atomic mass is 16.5. The molecule has 5 atom stereocenters. The summed E-state index contributed by atoms with van der Waals surface area (Å²) in [5.41, 5.74) is 6.33. The summed E-state index contributed by atoms with van der Waals surface area (Å²) in [5.74, 6) is 1.62. The van der Waals surface area contributed by atoms with Gasteiger partial charge in [0, 0.05) is 25.7 Å². The van der Waals surface area contributed by atoms with Crippen LogP contribution in [0.1, 0.15) is 51.9 Å². The van der Waals surface area contributed by atoms with E-state index < -0.39 is 0 Å². The van der Waals surface area contributed by atoms with Crippen molar-refractivity contribution in [2.75, 3.05) is 19.7 Å². The maximum atomic E-state index is 12.9. The number of amides is 1. The van der Waals surface area contributed by atoms with Gasteiger partial charge in [-0.15, -0.1) is 0 Å². The van der Waals surface area contributed by atoms with Gasteiger partial charge in [0.15, 0.2) is 0 Å². The average molecular weight is 294 g/mol. The highest BCUT2D eigenvalue weighted by Crippen LogP contribution is 2.48. The molecule has 0 aromatic rings. The summed E-state index contributed by atoms with van der Waals surface area (Å²) in [5, 5.41) is 0. The minimum absolute atomic E-state index is 0.108. The molecule has 3 aliphatic rings. The van der Waals surface area contributed by atoms with Gasteiger partial charge in [0.25, 0.3) is 0 Å². The number of fused-ring (bicyclic) bond motifs is 2. The van der Waals surface area contributed by atoms with Crippen molar-refractivity contribution in [1.29, 1.82) is 0 Å². The number of rotatable bonds is 4. The molecule has 3 fully saturated rings. The van der Waals surface area contributed by atoms with Crippen LogP contribution >= 0.6 is 0 Å². The molecule has 1 amide bonds. The van der Waals surface area contributed by atoms with Crippen LogP contribution < -0.4 is 5.73 Å². The van der Waals surface area contributed by atoms with Crippen molar-refractivity contribution in [2.24, 2.45) is 23.5 Å². The Morgan fingerprint density at radius 3 is 2.71 bits per heavy atom. The van der Waals surface area contributed by atoms with Crippen molar-refractivity contribution in [1.82, 2.24) is 4.90 Å². The molecule has 3 rings (SSSR count). The van der Waals surface area contributed by atoms with Crippen molar-refractivity contribution in [2.45, 2.75) is 64.0 Å². The largest absolute Gasteiger partial charge is 0.378 e. The third-order valence-electron chi connectivity index (χ3n) is 5.81. The fourth-order valence-corrected chi connectivity index (χ4v) is 4.65. The Hall–Kier alpha value is -0.610. The zero-order chi connectivity index (χ0) is 14.8. The van der Waals surface area contributed by atoms with E-state index >= 15 is 0 Å². The lowest BCUT2D eigenvalue weighted by Crippen LogP contribution is -2.47. The number of nitrogens with zero attached hydrogens (tertiary/aromatic N) is 1. The van der Waals surface area contributed by atoms with Gasteiger partial charge in [-0.05, 0) is 56.8 Å². The molecule has 120 valence electrons. The molecule has 2 bridgehead atoms. The van der Waals surface area contributed by atoms with Gasteiger partial charge in [0.1, 0.15) is 0 Å². The number of nitrogens with two attached hydrogens (primary N) is 1. The molecular weight excluding hydrogens is 264 g/mol. The van der Waals surface area contributed by atoms with Gasteiger partial charge in [-0.25, -0.2) is 0 Å². The summed E-state index contributed by atoms with van der Waals surface area (Å²) in [6, 6.07) is 0.117. The van der Waals surface area contributed by atoms with Crippen molar-refractivity contribution in [3.63, 3.8) is 0 Å². The van der Waals surface area contributed by atoms with Gasteiger partial charge in [-0.1, -0.05) is 6.92 Å². The third-order valence-corrected chi connectivity index (χ3v) is 5.81. The number of ether oxygens (including phenoxy) is 1. The summed E-state index contributed by atoms with van der Waals surface area (Å²) >= 11 is 0. The van der Waals surface area contributed by atoms with Gasteiger partial charge >= 0.3 is 0 Å². The molecule has 1 aliphatic heterocycles. The van der Waals surface area contributed by atoms with E-state index in [0.29, 0.717) is 23.8 Å². The lowest BCUT2D eigenvalue weighted by Gasteiger charge is -2.32. The van der Waals surface area contributed by atoms with Gasteiger partial charge in [-0.2, -0.15) is 0 Å². The van der Waals surface area contributed by atoms with E-state index in [1.807, 2.05) is 0 Å². The SMILES string of the molecule is CCCOC1CCCN(C(=O)C2C3CCC(C3)C2N)CC1. The molecule has 5 unspecified atom stereocenters. The fraction of sp³-hybridized carbons (Fsp3) is 0.941. The Morgan fingerprint density at radius 2 is 2.00 bits per heavy atom. The first-order chi connectivity index (χ1) is 10.2. The molecule has 4 heteroatoms. The minimum Gasteiger partial charge on any atom is -0.378 e. The molecule has 2 N–H and O–H groups in total. The molecule has 4 nitrogen and oxygen atoms in total. The molecule has 1 heterocycles. The molecule has 0 spiro atoms. The molecule has 1 saturated heterocycles. The zero-order valence-corrected chi connectivity index (χ0v) is 13.3. The summed E-state index contributed by atoms with van der Waals surface area (Å²) in [7, 11) is 0. The van der Waals surface area contributed by atoms with Gasteiger partial charge in [-0.3, -0.25) is 4.79 Å². The molecule has 21 heavy (non-hydrogen) atoms. The van der Waals surface area contributed by atoms with Crippen molar-refractivity contribution < 1.29 is 9.53 Å². The number of carbonyl (C=O) groups excluding carboxylic acids is 1. The van der Waals surface area contributed by atoms with Crippen LogP contribution in [-0.4, -0.2) is 42.6 Å². The van der Waals surface area contributed by atoms with E-state index in [-0.39, 0.29) is 12.0 Å². The standard InChI is InChI=1S/C17H30N2O2/c1-2-10-21-14-4-3-8-19(9-7-14)17(20)15-12-5-6-13(11-12)16(15)18/h12-16H,2-11,18H2,1H3. The minimum atomic E-state index is 0.108. The van der Waals surface area contributed by atoms with E-state index in [0.717, 1.165) is 45.4 Å². The lowest BCUT2D eigenvalue weighted by molar-refractivity contribution is -0.137. The maximum absolute atomic E-state index is 12.9. The first-order valence-electron chi connectivity index (χ1n) is 8.86. The molecule has 0 aromatic heterocycles. The topological polar surface area (TPSA) is 55.6 Å². The molecule has 0 aromatic carbocycles. The predicted octanol–water partition coefficient (Wildman–Crippen LogP) is 2.17. The maximum Gasteiger partial charge on any atom is 0.227 e. The Bertz CT molecular complexity index is 372. The van der Waals surface area contributed by atoms with Crippen LogP contribution in [0.4, 0.5) is 0 Å². The third kappa shape index (κ3) is 3.11. The van der Waals surface area contributed by atoms with Crippen molar-refractivity contribution in [3.05, 3.63) is 0 Å². The lowest BCUT2D eigenvalue weighted by atomic mass is 9.84. The smallest absolute Gasteiger partial charge is 0.227 e. The zero-order valence-electron chi connectivity index (χ0n) is 13.3. The van der Waals surface area contributed by atoms with Crippen LogP contribution in [0.5, 0.6) is 0 Å². The first-order valence-corrected chi connectivity index (χ1v) is 8.86. The summed E-state index contributed by atoms with van der Waals surface area (Å²) < 4.78 is 5.87. The van der Waals surface area contributed by atoms with Gasteiger partial charge in [0.2, 0.25) is 5.91 Å². The Morgan fingerprint density at radius 1 is 1.19 bits per heavy atom. The highest BCUT2D eigenvalue weighted by Gasteiger charge is 2.50. The average Bonchev–Trinajstić information content (AvgIpc) is 2.98. The van der Waals surface area contributed by atoms with E-state index in [1.54, 1.807) is 0 Å². The highest BCUT2D eigenvalue weighted by molar-refractivity contribution is 5.80. The van der Waals surface area contributed by atoms with E-state index in [1.165, 1.54) is 19.3 Å². The summed E-state index contributed by atoms with van der Waals surface area (Å²) in [4.78, 5) is 15.0. The van der Waals surface area contributed by atoms with Crippen LogP contribution in [0.25, 0.3) is 0 Å². The number of hydrogen-bond donors (Lipinski definition) is 1. The molecular formula is C17H30N2O2. The number of carbonyl (C=O) groups is 1. The van der Waals surface area contributed by atoms with Crippen LogP contribution in [0, 0.1) is 17.8 Å². The predicted molar refractivity (Wildman–Crippen MR) is 82.8 cm³/mol. The molecule has 2 aliphatic carbocycles. The normalized spacial score (nSPS) is 39.5. The Labute approximate surface area is 128 Å². The van der Waals surface area contributed by atoms with Crippen LogP contribution in [0.3, 0.4) is 0 Å². The first kappa shape index (κ1) is 15.3. The van der Waals surface area contributed by atoms with Crippen molar-refractivity contribution in [3.8, 4) is 0 Å². The second-order valence-corrected chi connectivity index (χ2v) is 7.19. The summed E-state index contributed by atoms with van der Waals surface area (Å²) in [6.45, 7) is 4.73. The Kier molecular flexibility index (Phi) is 4.85. The summed E-state index contributed by atoms with van der Waals surface area (Å²) in [6.07, 6.45) is 8.20. The quantitative estimate of drug-likeness (QED) is 0.864. The van der Waals surface area contributed by atoms with E-state index in [4.69, 9.17) is 10.5 Å². The van der Waals surface area contributed by atoms with Crippen LogP contribution in [0.2, 0.25) is 0 Å². The van der Waals surface area contributed by atoms with Crippen LogP contribution in [0.15, 0.2) is 0 Å². The fourth-order valence-electron chi connectivity index (χ4n) is 4.65. The van der Waals surface area contributed by atoms with Crippen molar-refractivity contribution >= 4 is 5.91 Å². The van der Waals surface area contributed by atoms with E-state index in [9.17, 15) is 4.79 Å². The van der Waals surface area contributed by atoms with Gasteiger partial charge in [0.05, 0.1) is 12.0 Å². The monoisotopic (exact) mass is 294 g/mol.